The minimum atomic E-state index is -1.33. The molecule has 0 aliphatic rings. The first-order valence-electron chi connectivity index (χ1n) is 3.46. The Hall–Kier alpha value is -0.890. The van der Waals surface area contributed by atoms with Crippen LogP contribution in [0.3, 0.4) is 0 Å². The Balaban J connectivity index is 2.79. The van der Waals surface area contributed by atoms with E-state index >= 15 is 0 Å². The normalized spacial score (nSPS) is 15.2. The van der Waals surface area contributed by atoms with Crippen LogP contribution in [-0.2, 0) is 0 Å². The number of hydrogen-bond donors (Lipinski definition) is 2. The number of hydrogen-bond acceptors (Lipinski definition) is 4. The molecule has 0 aromatic carbocycles. The van der Waals surface area contributed by atoms with E-state index in [0.29, 0.717) is 5.56 Å². The third kappa shape index (κ3) is 1.83. The fourth-order valence-corrected chi connectivity index (χ4v) is 1.61. The Morgan fingerprint density at radius 1 is 1.58 bits per heavy atom. The summed E-state index contributed by atoms with van der Waals surface area (Å²) in [7, 11) is 0. The molecule has 4 heteroatoms. The van der Waals surface area contributed by atoms with Crippen LogP contribution in [0.1, 0.15) is 16.5 Å². The standard InChI is InChI=1S/C8H9NO2S/c1-5-2-6(4-12-5)8(11)7(10)3-9/h2,4,7-8,10-11H,1H3. The summed E-state index contributed by atoms with van der Waals surface area (Å²) in [5.41, 5.74) is 0.603. The third-order valence-electron chi connectivity index (χ3n) is 1.52. The van der Waals surface area contributed by atoms with Gasteiger partial charge in [-0.1, -0.05) is 0 Å². The molecule has 2 atom stereocenters. The first-order valence-corrected chi connectivity index (χ1v) is 4.34. The molecule has 0 radical (unpaired) electrons. The smallest absolute Gasteiger partial charge is 0.170 e. The molecule has 64 valence electrons. The van der Waals surface area contributed by atoms with Gasteiger partial charge in [-0.05, 0) is 23.9 Å². The Morgan fingerprint density at radius 2 is 2.25 bits per heavy atom. The van der Waals surface area contributed by atoms with Crippen LogP contribution >= 0.6 is 11.3 Å². The number of aliphatic hydroxyl groups excluding tert-OH is 2. The molecule has 2 unspecified atom stereocenters. The fraction of sp³-hybridized carbons (Fsp3) is 0.375. The zero-order valence-electron chi connectivity index (χ0n) is 6.56. The van der Waals surface area contributed by atoms with E-state index < -0.39 is 12.2 Å². The van der Waals surface area contributed by atoms with Crippen LogP contribution in [0.25, 0.3) is 0 Å². The third-order valence-corrected chi connectivity index (χ3v) is 2.40. The van der Waals surface area contributed by atoms with Crippen molar-refractivity contribution in [2.75, 3.05) is 0 Å². The Bertz CT molecular complexity index is 302. The molecule has 0 saturated carbocycles. The molecular weight excluding hydrogens is 174 g/mol. The van der Waals surface area contributed by atoms with Crippen molar-refractivity contribution >= 4 is 11.3 Å². The quantitative estimate of drug-likeness (QED) is 0.671. The average Bonchev–Trinajstić information content (AvgIpc) is 2.49. The zero-order valence-corrected chi connectivity index (χ0v) is 7.38. The maximum absolute atomic E-state index is 9.34. The highest BCUT2D eigenvalue weighted by Gasteiger charge is 2.17. The maximum Gasteiger partial charge on any atom is 0.170 e. The summed E-state index contributed by atoms with van der Waals surface area (Å²) in [6, 6.07) is 3.34. The SMILES string of the molecule is Cc1cc(C(O)C(O)C#N)cs1. The second-order valence-corrected chi connectivity index (χ2v) is 3.62. The van der Waals surface area contributed by atoms with Gasteiger partial charge < -0.3 is 10.2 Å². The highest BCUT2D eigenvalue weighted by atomic mass is 32.1. The van der Waals surface area contributed by atoms with Gasteiger partial charge in [0.15, 0.2) is 6.10 Å². The van der Waals surface area contributed by atoms with Gasteiger partial charge in [-0.25, -0.2) is 0 Å². The van der Waals surface area contributed by atoms with Gasteiger partial charge in [0.1, 0.15) is 6.10 Å². The van der Waals surface area contributed by atoms with Crippen LogP contribution in [0.2, 0.25) is 0 Å². The van der Waals surface area contributed by atoms with Gasteiger partial charge in [-0.15, -0.1) is 11.3 Å². The molecule has 1 rings (SSSR count). The van der Waals surface area contributed by atoms with Crippen LogP contribution in [0.4, 0.5) is 0 Å². The van der Waals surface area contributed by atoms with E-state index in [1.807, 2.05) is 6.92 Å². The Labute approximate surface area is 74.5 Å². The van der Waals surface area contributed by atoms with Crippen LogP contribution in [0, 0.1) is 18.3 Å². The second kappa shape index (κ2) is 3.68. The molecule has 1 heterocycles. The number of aryl methyl sites for hydroxylation is 1. The van der Waals surface area contributed by atoms with E-state index in [1.165, 1.54) is 11.3 Å². The van der Waals surface area contributed by atoms with Crippen LogP contribution in [0.5, 0.6) is 0 Å². The van der Waals surface area contributed by atoms with E-state index in [-0.39, 0.29) is 0 Å². The summed E-state index contributed by atoms with van der Waals surface area (Å²) in [4.78, 5) is 1.05. The summed E-state index contributed by atoms with van der Waals surface area (Å²) < 4.78 is 0. The highest BCUT2D eigenvalue weighted by molar-refractivity contribution is 7.10. The lowest BCUT2D eigenvalue weighted by atomic mass is 10.1. The topological polar surface area (TPSA) is 64.2 Å². The maximum atomic E-state index is 9.34. The van der Waals surface area contributed by atoms with Gasteiger partial charge in [0.2, 0.25) is 0 Å². The molecule has 0 fully saturated rings. The van der Waals surface area contributed by atoms with Crippen molar-refractivity contribution in [3.05, 3.63) is 21.9 Å². The van der Waals surface area contributed by atoms with Crippen molar-refractivity contribution in [2.45, 2.75) is 19.1 Å². The van der Waals surface area contributed by atoms with Gasteiger partial charge >= 0.3 is 0 Å². The molecule has 1 aromatic rings. The predicted molar refractivity (Wildman–Crippen MR) is 45.6 cm³/mol. The predicted octanol–water partition coefficient (Wildman–Crippen LogP) is 0.974. The summed E-state index contributed by atoms with van der Waals surface area (Å²) >= 11 is 1.48. The molecule has 0 aliphatic heterocycles. The lowest BCUT2D eigenvalue weighted by Crippen LogP contribution is -2.14. The first-order chi connectivity index (χ1) is 5.65. The van der Waals surface area contributed by atoms with Crippen molar-refractivity contribution in [2.24, 2.45) is 0 Å². The molecule has 0 aliphatic carbocycles. The first kappa shape index (κ1) is 9.20. The van der Waals surface area contributed by atoms with Gasteiger partial charge in [0.25, 0.3) is 0 Å². The molecule has 0 amide bonds. The summed E-state index contributed by atoms with van der Waals surface area (Å²) in [5.74, 6) is 0. The lowest BCUT2D eigenvalue weighted by molar-refractivity contribution is 0.0531. The van der Waals surface area contributed by atoms with Crippen LogP contribution in [0.15, 0.2) is 11.4 Å². The number of rotatable bonds is 2. The molecule has 1 aromatic heterocycles. The number of aliphatic hydroxyl groups is 2. The summed E-state index contributed by atoms with van der Waals surface area (Å²) in [6.45, 7) is 1.90. The van der Waals surface area contributed by atoms with Crippen molar-refractivity contribution in [3.63, 3.8) is 0 Å². The van der Waals surface area contributed by atoms with E-state index in [9.17, 15) is 5.11 Å². The second-order valence-electron chi connectivity index (χ2n) is 2.51. The monoisotopic (exact) mass is 183 g/mol. The van der Waals surface area contributed by atoms with Crippen molar-refractivity contribution in [3.8, 4) is 6.07 Å². The van der Waals surface area contributed by atoms with Crippen LogP contribution in [-0.4, -0.2) is 16.3 Å². The minimum absolute atomic E-state index is 0.603. The lowest BCUT2D eigenvalue weighted by Gasteiger charge is -2.08. The van der Waals surface area contributed by atoms with Gasteiger partial charge in [0, 0.05) is 4.88 Å². The Kier molecular flexibility index (Phi) is 2.82. The Morgan fingerprint density at radius 3 is 2.67 bits per heavy atom. The highest BCUT2D eigenvalue weighted by Crippen LogP contribution is 2.22. The molecule has 2 N–H and O–H groups in total. The van der Waals surface area contributed by atoms with E-state index in [0.717, 1.165) is 4.88 Å². The molecule has 3 nitrogen and oxygen atoms in total. The minimum Gasteiger partial charge on any atom is -0.385 e. The van der Waals surface area contributed by atoms with E-state index in [2.05, 4.69) is 0 Å². The molecule has 12 heavy (non-hydrogen) atoms. The summed E-state index contributed by atoms with van der Waals surface area (Å²) in [6.07, 6.45) is -2.42. The van der Waals surface area contributed by atoms with Crippen molar-refractivity contribution < 1.29 is 10.2 Å². The van der Waals surface area contributed by atoms with Gasteiger partial charge in [-0.2, -0.15) is 5.26 Å². The molecule has 0 saturated heterocycles. The molecule has 0 bridgehead atoms. The van der Waals surface area contributed by atoms with Crippen LogP contribution < -0.4 is 0 Å². The van der Waals surface area contributed by atoms with Crippen molar-refractivity contribution in [1.29, 1.82) is 5.26 Å². The molecule has 0 spiro atoms. The zero-order chi connectivity index (χ0) is 9.14. The summed E-state index contributed by atoms with van der Waals surface area (Å²) in [5, 5.41) is 28.4. The van der Waals surface area contributed by atoms with E-state index in [4.69, 9.17) is 10.4 Å². The van der Waals surface area contributed by atoms with E-state index in [1.54, 1.807) is 17.5 Å². The number of nitrogens with zero attached hydrogens (tertiary/aromatic N) is 1. The van der Waals surface area contributed by atoms with Gasteiger partial charge in [0.05, 0.1) is 6.07 Å². The van der Waals surface area contributed by atoms with Gasteiger partial charge in [-0.3, -0.25) is 0 Å². The average molecular weight is 183 g/mol. The number of nitriles is 1. The largest absolute Gasteiger partial charge is 0.385 e. The molecular formula is C8H9NO2S. The number of thiophene rings is 1. The van der Waals surface area contributed by atoms with Crippen molar-refractivity contribution in [1.82, 2.24) is 0 Å². The fourth-order valence-electron chi connectivity index (χ4n) is 0.872.